The number of nitro benzene ring substituents is 1. The maximum absolute atomic E-state index is 13.1. The normalized spacial score (nSPS) is 18.0. The molecule has 26 heavy (non-hydrogen) atoms. The molecule has 0 saturated carbocycles. The van der Waals surface area contributed by atoms with E-state index in [1.807, 2.05) is 0 Å². The van der Waals surface area contributed by atoms with Gasteiger partial charge >= 0.3 is 5.69 Å². The van der Waals surface area contributed by atoms with Crippen LogP contribution in [0.4, 0.5) is 10.1 Å². The van der Waals surface area contributed by atoms with Crippen molar-refractivity contribution in [2.75, 3.05) is 19.4 Å². The highest BCUT2D eigenvalue weighted by Crippen LogP contribution is 2.43. The number of sulfonamides is 1. The van der Waals surface area contributed by atoms with Gasteiger partial charge in [0.2, 0.25) is 10.0 Å². The molecule has 1 fully saturated rings. The van der Waals surface area contributed by atoms with E-state index < -0.39 is 26.1 Å². The first-order chi connectivity index (χ1) is 12.3. The summed E-state index contributed by atoms with van der Waals surface area (Å²) >= 11 is 1.37. The zero-order valence-electron chi connectivity index (χ0n) is 13.7. The number of thioether (sulfide) groups is 1. The van der Waals surface area contributed by atoms with Crippen LogP contribution in [-0.4, -0.2) is 37.1 Å². The molecule has 2 aromatic carbocycles. The van der Waals surface area contributed by atoms with Gasteiger partial charge in [0.25, 0.3) is 0 Å². The van der Waals surface area contributed by atoms with Gasteiger partial charge in [-0.25, -0.2) is 12.8 Å². The summed E-state index contributed by atoms with van der Waals surface area (Å²) < 4.78 is 45.2. The fraction of sp³-hybridized carbons (Fsp3) is 0.250. The Balaban J connectivity index is 1.99. The smallest absolute Gasteiger partial charge is 0.311 e. The summed E-state index contributed by atoms with van der Waals surface area (Å²) in [5.74, 6) is 0.127. The highest BCUT2D eigenvalue weighted by atomic mass is 32.2. The number of rotatable bonds is 5. The zero-order valence-corrected chi connectivity index (χ0v) is 15.3. The largest absolute Gasteiger partial charge is 0.490 e. The third kappa shape index (κ3) is 3.39. The van der Waals surface area contributed by atoms with Crippen LogP contribution in [0, 0.1) is 15.9 Å². The van der Waals surface area contributed by atoms with Crippen LogP contribution in [0.2, 0.25) is 0 Å². The lowest BCUT2D eigenvalue weighted by molar-refractivity contribution is -0.385. The quantitative estimate of drug-likeness (QED) is 0.568. The van der Waals surface area contributed by atoms with Gasteiger partial charge in [-0.2, -0.15) is 4.31 Å². The van der Waals surface area contributed by atoms with Crippen LogP contribution in [0.1, 0.15) is 10.9 Å². The first kappa shape index (κ1) is 18.6. The molecular formula is C16H15FN2O5S2. The second-order valence-corrected chi connectivity index (χ2v) is 8.56. The average molecular weight is 398 g/mol. The van der Waals surface area contributed by atoms with Gasteiger partial charge in [-0.15, -0.1) is 11.8 Å². The van der Waals surface area contributed by atoms with Crippen molar-refractivity contribution in [3.63, 3.8) is 0 Å². The van der Waals surface area contributed by atoms with E-state index in [0.29, 0.717) is 11.3 Å². The molecule has 0 radical (unpaired) electrons. The van der Waals surface area contributed by atoms with Crippen molar-refractivity contribution < 1.29 is 22.5 Å². The zero-order chi connectivity index (χ0) is 18.9. The molecule has 1 heterocycles. The van der Waals surface area contributed by atoms with Gasteiger partial charge in [0.1, 0.15) is 5.82 Å². The summed E-state index contributed by atoms with van der Waals surface area (Å²) in [6.45, 7) is 0.259. The van der Waals surface area contributed by atoms with Crippen LogP contribution in [0.25, 0.3) is 0 Å². The molecular weight excluding hydrogens is 383 g/mol. The van der Waals surface area contributed by atoms with E-state index in [0.717, 1.165) is 12.1 Å². The molecule has 10 heteroatoms. The molecule has 0 unspecified atom stereocenters. The average Bonchev–Trinajstić information content (AvgIpc) is 3.12. The number of benzene rings is 2. The predicted molar refractivity (Wildman–Crippen MR) is 95.1 cm³/mol. The second-order valence-electron chi connectivity index (χ2n) is 5.48. The van der Waals surface area contributed by atoms with Crippen molar-refractivity contribution in [2.24, 2.45) is 0 Å². The standard InChI is InChI=1S/C16H15FN2O5S2/c1-24-15-7-2-11(10-14(15)19(20)21)16-18(8-9-25-16)26(22,23)13-5-3-12(17)4-6-13/h2-7,10,16H,8-9H2,1H3/t16-/m1/s1. The van der Waals surface area contributed by atoms with Crippen LogP contribution in [-0.2, 0) is 10.0 Å². The Kier molecular flexibility index (Phi) is 5.17. The molecule has 3 rings (SSSR count). The molecule has 7 nitrogen and oxygen atoms in total. The summed E-state index contributed by atoms with van der Waals surface area (Å²) in [6.07, 6.45) is 0. The molecule has 0 spiro atoms. The molecule has 1 aliphatic heterocycles. The van der Waals surface area contributed by atoms with Crippen molar-refractivity contribution in [2.45, 2.75) is 10.3 Å². The van der Waals surface area contributed by atoms with Crippen LogP contribution < -0.4 is 4.74 Å². The molecule has 0 aliphatic carbocycles. The van der Waals surface area contributed by atoms with Gasteiger partial charge in [-0.3, -0.25) is 10.1 Å². The molecule has 0 bridgehead atoms. The van der Waals surface area contributed by atoms with E-state index in [4.69, 9.17) is 4.74 Å². The number of nitrogens with zero attached hydrogens (tertiary/aromatic N) is 2. The number of methoxy groups -OCH3 is 1. The minimum atomic E-state index is -3.86. The van der Waals surface area contributed by atoms with Gasteiger partial charge in [0, 0.05) is 18.4 Å². The van der Waals surface area contributed by atoms with Gasteiger partial charge in [-0.1, -0.05) is 6.07 Å². The molecule has 2 aromatic rings. The van der Waals surface area contributed by atoms with Crippen LogP contribution in [0.3, 0.4) is 0 Å². The lowest BCUT2D eigenvalue weighted by atomic mass is 10.2. The van der Waals surface area contributed by atoms with Gasteiger partial charge in [0.05, 0.1) is 22.3 Å². The van der Waals surface area contributed by atoms with E-state index in [9.17, 15) is 22.9 Å². The number of nitro groups is 1. The number of hydrogen-bond acceptors (Lipinski definition) is 6. The lowest BCUT2D eigenvalue weighted by Gasteiger charge is -2.23. The summed E-state index contributed by atoms with van der Waals surface area (Å²) in [4.78, 5) is 10.6. The topological polar surface area (TPSA) is 89.8 Å². The maximum Gasteiger partial charge on any atom is 0.311 e. The van der Waals surface area contributed by atoms with Gasteiger partial charge in [0.15, 0.2) is 5.75 Å². The lowest BCUT2D eigenvalue weighted by Crippen LogP contribution is -2.30. The number of ether oxygens (including phenoxy) is 1. The van der Waals surface area contributed by atoms with Crippen LogP contribution in [0.15, 0.2) is 47.4 Å². The number of halogens is 1. The maximum atomic E-state index is 13.1. The SMILES string of the molecule is COc1ccc([C@H]2SCCN2S(=O)(=O)c2ccc(F)cc2)cc1[N+](=O)[O-]. The third-order valence-corrected chi connectivity index (χ3v) is 7.23. The first-order valence-electron chi connectivity index (χ1n) is 7.56. The fourth-order valence-corrected chi connectivity index (χ4v) is 5.94. The molecule has 0 amide bonds. The molecule has 1 aliphatic rings. The van der Waals surface area contributed by atoms with Gasteiger partial charge < -0.3 is 4.74 Å². The first-order valence-corrected chi connectivity index (χ1v) is 10.0. The fourth-order valence-electron chi connectivity index (χ4n) is 2.71. The van der Waals surface area contributed by atoms with Crippen molar-refractivity contribution in [3.05, 3.63) is 64.0 Å². The third-order valence-electron chi connectivity index (χ3n) is 3.95. The van der Waals surface area contributed by atoms with E-state index in [2.05, 4.69) is 0 Å². The van der Waals surface area contributed by atoms with Crippen molar-refractivity contribution in [1.29, 1.82) is 0 Å². The molecule has 0 N–H and O–H groups in total. The predicted octanol–water partition coefficient (Wildman–Crippen LogP) is 3.18. The minimum absolute atomic E-state index is 0.0191. The Hall–Kier alpha value is -2.17. The van der Waals surface area contributed by atoms with E-state index in [-0.39, 0.29) is 22.9 Å². The molecule has 1 saturated heterocycles. The molecule has 138 valence electrons. The van der Waals surface area contributed by atoms with Crippen molar-refractivity contribution in [1.82, 2.24) is 4.31 Å². The Labute approximate surface area is 154 Å². The number of hydrogen-bond donors (Lipinski definition) is 0. The Morgan fingerprint density at radius 1 is 1.27 bits per heavy atom. The Morgan fingerprint density at radius 3 is 2.58 bits per heavy atom. The van der Waals surface area contributed by atoms with E-state index >= 15 is 0 Å². The Morgan fingerprint density at radius 2 is 1.96 bits per heavy atom. The monoisotopic (exact) mass is 398 g/mol. The molecule has 1 atom stereocenters. The van der Waals surface area contributed by atoms with E-state index in [1.165, 1.54) is 47.4 Å². The second kappa shape index (κ2) is 7.22. The Bertz CT molecular complexity index is 934. The minimum Gasteiger partial charge on any atom is -0.490 e. The summed E-state index contributed by atoms with van der Waals surface area (Å²) in [5.41, 5.74) is 0.266. The van der Waals surface area contributed by atoms with Crippen LogP contribution >= 0.6 is 11.8 Å². The highest BCUT2D eigenvalue weighted by molar-refractivity contribution is 8.01. The summed E-state index contributed by atoms with van der Waals surface area (Å²) in [5, 5.41) is 10.6. The van der Waals surface area contributed by atoms with Crippen molar-refractivity contribution >= 4 is 27.5 Å². The van der Waals surface area contributed by atoms with Crippen LogP contribution in [0.5, 0.6) is 5.75 Å². The summed E-state index contributed by atoms with van der Waals surface area (Å²) in [6, 6.07) is 8.99. The van der Waals surface area contributed by atoms with Crippen molar-refractivity contribution in [3.8, 4) is 5.75 Å². The van der Waals surface area contributed by atoms with E-state index in [1.54, 1.807) is 6.07 Å². The molecule has 0 aromatic heterocycles. The highest BCUT2D eigenvalue weighted by Gasteiger charge is 2.37. The van der Waals surface area contributed by atoms with Gasteiger partial charge in [-0.05, 0) is 35.9 Å². The summed E-state index contributed by atoms with van der Waals surface area (Å²) in [7, 11) is -2.53.